The maximum absolute atomic E-state index is 11.0. The lowest BCUT2D eigenvalue weighted by atomic mass is 10.1. The summed E-state index contributed by atoms with van der Waals surface area (Å²) in [4.78, 5) is 17.2. The van der Waals surface area contributed by atoms with Crippen LogP contribution in [0.4, 0.5) is 11.4 Å². The van der Waals surface area contributed by atoms with E-state index < -0.39 is 0 Å². The minimum atomic E-state index is -0.389. The van der Waals surface area contributed by atoms with Crippen LogP contribution in [0.25, 0.3) is 10.9 Å². The van der Waals surface area contributed by atoms with Crippen molar-refractivity contribution in [3.8, 4) is 0 Å². The molecule has 0 unspecified atom stereocenters. The molecular formula is C15H18N4O2. The van der Waals surface area contributed by atoms with Crippen LogP contribution in [0.2, 0.25) is 0 Å². The quantitative estimate of drug-likeness (QED) is 0.653. The number of pyridine rings is 1. The molecule has 0 atom stereocenters. The van der Waals surface area contributed by atoms with Gasteiger partial charge >= 0.3 is 0 Å². The van der Waals surface area contributed by atoms with E-state index in [4.69, 9.17) is 0 Å². The number of likely N-dealkylation sites (N-methyl/N-ethyl adjacent to an activating group) is 1. The Kier molecular flexibility index (Phi) is 3.70. The summed E-state index contributed by atoms with van der Waals surface area (Å²) < 4.78 is 0. The molecule has 6 nitrogen and oxygen atoms in total. The monoisotopic (exact) mass is 286 g/mol. The van der Waals surface area contributed by atoms with Gasteiger partial charge in [-0.05, 0) is 38.1 Å². The molecule has 1 fully saturated rings. The molecule has 1 aliphatic rings. The van der Waals surface area contributed by atoms with Gasteiger partial charge in [-0.2, -0.15) is 0 Å². The standard InChI is InChI=1S/C15H18N4O2/c1-18(11-4-5-11)10-9-16-13-6-7-14(19(20)21)15-12(13)3-2-8-17-15/h2-3,6-8,11,16H,4-5,9-10H2,1H3. The SMILES string of the molecule is CN(CCNc1ccc([N+](=O)[O-])c2ncccc12)C1CC1. The number of anilines is 1. The fourth-order valence-electron chi connectivity index (χ4n) is 2.52. The second-order valence-corrected chi connectivity index (χ2v) is 5.43. The first-order valence-electron chi connectivity index (χ1n) is 7.13. The van der Waals surface area contributed by atoms with E-state index in [1.807, 2.05) is 6.07 Å². The third-order valence-corrected chi connectivity index (χ3v) is 3.90. The fourth-order valence-corrected chi connectivity index (χ4v) is 2.52. The Hall–Kier alpha value is -2.21. The maximum atomic E-state index is 11.0. The highest BCUT2D eigenvalue weighted by molar-refractivity contribution is 5.96. The average molecular weight is 286 g/mol. The van der Waals surface area contributed by atoms with Crippen molar-refractivity contribution in [3.05, 3.63) is 40.6 Å². The summed E-state index contributed by atoms with van der Waals surface area (Å²) in [6, 6.07) is 7.68. The van der Waals surface area contributed by atoms with Gasteiger partial charge in [0.05, 0.1) is 4.92 Å². The predicted octanol–water partition coefficient (Wildman–Crippen LogP) is 2.65. The largest absolute Gasteiger partial charge is 0.383 e. The Balaban J connectivity index is 1.78. The van der Waals surface area contributed by atoms with E-state index in [-0.39, 0.29) is 10.6 Å². The minimum Gasteiger partial charge on any atom is -0.383 e. The number of hydrogen-bond acceptors (Lipinski definition) is 5. The number of nitrogens with one attached hydrogen (secondary N) is 1. The lowest BCUT2D eigenvalue weighted by Crippen LogP contribution is -2.27. The van der Waals surface area contributed by atoms with E-state index in [0.29, 0.717) is 5.52 Å². The van der Waals surface area contributed by atoms with Crippen molar-refractivity contribution >= 4 is 22.3 Å². The van der Waals surface area contributed by atoms with Gasteiger partial charge in [-0.3, -0.25) is 10.1 Å². The second kappa shape index (κ2) is 5.65. The first kappa shape index (κ1) is 13.8. The van der Waals surface area contributed by atoms with Crippen LogP contribution in [0, 0.1) is 10.1 Å². The molecular weight excluding hydrogens is 268 g/mol. The zero-order chi connectivity index (χ0) is 14.8. The summed E-state index contributed by atoms with van der Waals surface area (Å²) in [6.45, 7) is 1.78. The maximum Gasteiger partial charge on any atom is 0.295 e. The number of fused-ring (bicyclic) bond motifs is 1. The van der Waals surface area contributed by atoms with Crippen LogP contribution < -0.4 is 5.32 Å². The van der Waals surface area contributed by atoms with Crippen LogP contribution in [0.3, 0.4) is 0 Å². The zero-order valence-corrected chi connectivity index (χ0v) is 12.0. The van der Waals surface area contributed by atoms with Crippen LogP contribution >= 0.6 is 0 Å². The van der Waals surface area contributed by atoms with E-state index in [1.54, 1.807) is 18.3 Å². The lowest BCUT2D eigenvalue weighted by molar-refractivity contribution is -0.383. The molecule has 21 heavy (non-hydrogen) atoms. The van der Waals surface area contributed by atoms with E-state index in [9.17, 15) is 10.1 Å². The van der Waals surface area contributed by atoms with Gasteiger partial charge in [-0.25, -0.2) is 4.98 Å². The summed E-state index contributed by atoms with van der Waals surface area (Å²) in [7, 11) is 2.13. The fraction of sp³-hybridized carbons (Fsp3) is 0.400. The smallest absolute Gasteiger partial charge is 0.295 e. The third kappa shape index (κ3) is 2.95. The number of hydrogen-bond donors (Lipinski definition) is 1. The first-order valence-corrected chi connectivity index (χ1v) is 7.13. The second-order valence-electron chi connectivity index (χ2n) is 5.43. The van der Waals surface area contributed by atoms with Crippen molar-refractivity contribution in [2.24, 2.45) is 0 Å². The predicted molar refractivity (Wildman–Crippen MR) is 82.5 cm³/mol. The van der Waals surface area contributed by atoms with E-state index >= 15 is 0 Å². The molecule has 0 bridgehead atoms. The van der Waals surface area contributed by atoms with Crippen LogP contribution in [-0.2, 0) is 0 Å². The number of nitrogens with zero attached hydrogens (tertiary/aromatic N) is 3. The molecule has 0 spiro atoms. The number of non-ortho nitro benzene ring substituents is 1. The number of nitro benzene ring substituents is 1. The summed E-state index contributed by atoms with van der Waals surface area (Å²) in [5.41, 5.74) is 1.38. The normalized spacial score (nSPS) is 14.6. The molecule has 6 heteroatoms. The Labute approximate surface area is 122 Å². The number of benzene rings is 1. The summed E-state index contributed by atoms with van der Waals surface area (Å²) in [5, 5.41) is 15.2. The van der Waals surface area contributed by atoms with E-state index in [1.165, 1.54) is 18.9 Å². The van der Waals surface area contributed by atoms with Gasteiger partial charge in [0.1, 0.15) is 5.52 Å². The molecule has 1 aliphatic carbocycles. The molecule has 3 rings (SSSR count). The summed E-state index contributed by atoms with van der Waals surface area (Å²) in [6.07, 6.45) is 4.17. The van der Waals surface area contributed by atoms with E-state index in [0.717, 1.165) is 30.2 Å². The van der Waals surface area contributed by atoms with Crippen LogP contribution in [-0.4, -0.2) is 41.0 Å². The number of nitro groups is 1. The number of rotatable bonds is 6. The van der Waals surface area contributed by atoms with Gasteiger partial charge in [-0.15, -0.1) is 0 Å². The van der Waals surface area contributed by atoms with Gasteiger partial charge < -0.3 is 10.2 Å². The Morgan fingerprint density at radius 3 is 2.95 bits per heavy atom. The van der Waals surface area contributed by atoms with Crippen molar-refractivity contribution < 1.29 is 4.92 Å². The van der Waals surface area contributed by atoms with Crippen LogP contribution in [0.15, 0.2) is 30.5 Å². The van der Waals surface area contributed by atoms with Crippen molar-refractivity contribution in [2.45, 2.75) is 18.9 Å². The molecule has 2 aromatic rings. The van der Waals surface area contributed by atoms with Crippen LogP contribution in [0.5, 0.6) is 0 Å². The molecule has 110 valence electrons. The first-order chi connectivity index (χ1) is 10.2. The highest BCUT2D eigenvalue weighted by Crippen LogP contribution is 2.29. The molecule has 1 N–H and O–H groups in total. The molecule has 1 aromatic carbocycles. The lowest BCUT2D eigenvalue weighted by Gasteiger charge is -2.17. The molecule has 0 aliphatic heterocycles. The van der Waals surface area contributed by atoms with Gasteiger partial charge in [0.15, 0.2) is 0 Å². The topological polar surface area (TPSA) is 71.3 Å². The molecule has 1 saturated carbocycles. The zero-order valence-electron chi connectivity index (χ0n) is 12.0. The van der Waals surface area contributed by atoms with Gasteiger partial charge in [0.2, 0.25) is 0 Å². The Morgan fingerprint density at radius 2 is 2.24 bits per heavy atom. The third-order valence-electron chi connectivity index (χ3n) is 3.90. The molecule has 0 amide bonds. The minimum absolute atomic E-state index is 0.0475. The van der Waals surface area contributed by atoms with Crippen molar-refractivity contribution in [1.82, 2.24) is 9.88 Å². The van der Waals surface area contributed by atoms with Crippen molar-refractivity contribution in [1.29, 1.82) is 0 Å². The molecule has 1 heterocycles. The molecule has 0 radical (unpaired) electrons. The van der Waals surface area contributed by atoms with Crippen molar-refractivity contribution in [2.75, 3.05) is 25.5 Å². The van der Waals surface area contributed by atoms with Crippen molar-refractivity contribution in [3.63, 3.8) is 0 Å². The van der Waals surface area contributed by atoms with E-state index in [2.05, 4.69) is 22.2 Å². The highest BCUT2D eigenvalue weighted by Gasteiger charge is 2.25. The Morgan fingerprint density at radius 1 is 1.43 bits per heavy atom. The van der Waals surface area contributed by atoms with Crippen LogP contribution in [0.1, 0.15) is 12.8 Å². The van der Waals surface area contributed by atoms with Gasteiger partial charge in [0.25, 0.3) is 5.69 Å². The molecule has 0 saturated heterocycles. The van der Waals surface area contributed by atoms with Gasteiger partial charge in [-0.1, -0.05) is 0 Å². The highest BCUT2D eigenvalue weighted by atomic mass is 16.6. The van der Waals surface area contributed by atoms with Gasteiger partial charge in [0, 0.05) is 42.5 Å². The summed E-state index contributed by atoms with van der Waals surface area (Å²) >= 11 is 0. The number of aromatic nitrogens is 1. The molecule has 1 aromatic heterocycles. The summed E-state index contributed by atoms with van der Waals surface area (Å²) in [5.74, 6) is 0. The Bertz CT molecular complexity index is 670. The average Bonchev–Trinajstić information content (AvgIpc) is 3.31.